The van der Waals surface area contributed by atoms with E-state index in [4.69, 9.17) is 4.74 Å². The van der Waals surface area contributed by atoms with Crippen LogP contribution in [0.15, 0.2) is 18.5 Å². The fourth-order valence-electron chi connectivity index (χ4n) is 2.24. The molecule has 6 heteroatoms. The van der Waals surface area contributed by atoms with Gasteiger partial charge >= 0.3 is 0 Å². The van der Waals surface area contributed by atoms with Gasteiger partial charge in [0.05, 0.1) is 34.7 Å². The maximum Gasteiger partial charge on any atom is 0.261 e. The number of hydrogen-bond donors (Lipinski definition) is 1. The summed E-state index contributed by atoms with van der Waals surface area (Å²) in [5.41, 5.74) is 1.09. The Hall–Kier alpha value is -1.66. The highest BCUT2D eigenvalue weighted by Gasteiger charge is 2.17. The molecule has 0 bridgehead atoms. The van der Waals surface area contributed by atoms with Crippen LogP contribution in [0.4, 0.5) is 5.69 Å². The molecule has 3 rings (SSSR count). The normalized spacial score (nSPS) is 15.7. The Kier molecular flexibility index (Phi) is 3.35. The number of nitrogens with one attached hydrogen (secondary N) is 1. The average Bonchev–Trinajstić information content (AvgIpc) is 2.91. The van der Waals surface area contributed by atoms with Crippen LogP contribution in [0, 0.1) is 0 Å². The zero-order valence-corrected chi connectivity index (χ0v) is 11.5. The molecule has 5 nitrogen and oxygen atoms in total. The maximum absolute atomic E-state index is 11.7. The molecule has 1 amide bonds. The molecule has 0 saturated carbocycles. The quantitative estimate of drug-likeness (QED) is 0.903. The number of carbonyl (C=O) groups is 1. The van der Waals surface area contributed by atoms with E-state index in [1.165, 1.54) is 11.3 Å². The van der Waals surface area contributed by atoms with Crippen LogP contribution >= 0.6 is 11.3 Å². The van der Waals surface area contributed by atoms with Crippen LogP contribution in [0.3, 0.4) is 0 Å². The van der Waals surface area contributed by atoms with Crippen molar-refractivity contribution < 1.29 is 9.53 Å². The summed E-state index contributed by atoms with van der Waals surface area (Å²) in [6, 6.07) is 1.95. The van der Waals surface area contributed by atoms with Gasteiger partial charge in [-0.25, -0.2) is 0 Å². The highest BCUT2D eigenvalue weighted by molar-refractivity contribution is 7.20. The largest absolute Gasteiger partial charge is 0.378 e. The van der Waals surface area contributed by atoms with E-state index in [2.05, 4.69) is 15.2 Å². The molecule has 0 atom stereocenters. The summed E-state index contributed by atoms with van der Waals surface area (Å²) in [6.45, 7) is 3.21. The smallest absolute Gasteiger partial charge is 0.261 e. The Labute approximate surface area is 115 Å². The summed E-state index contributed by atoms with van der Waals surface area (Å²) < 4.78 is 6.41. The van der Waals surface area contributed by atoms with Crippen LogP contribution in [0.5, 0.6) is 0 Å². The molecule has 2 aromatic rings. The van der Waals surface area contributed by atoms with Gasteiger partial charge in [0.15, 0.2) is 0 Å². The molecule has 1 fully saturated rings. The van der Waals surface area contributed by atoms with Crippen molar-refractivity contribution in [1.29, 1.82) is 0 Å². The summed E-state index contributed by atoms with van der Waals surface area (Å²) in [4.78, 5) is 19.0. The van der Waals surface area contributed by atoms with Crippen molar-refractivity contribution >= 4 is 33.0 Å². The van der Waals surface area contributed by atoms with Crippen LogP contribution < -0.4 is 10.2 Å². The van der Waals surface area contributed by atoms with Crippen molar-refractivity contribution in [2.24, 2.45) is 0 Å². The lowest BCUT2D eigenvalue weighted by molar-refractivity contribution is 0.0967. The predicted molar refractivity (Wildman–Crippen MR) is 76.0 cm³/mol. The summed E-state index contributed by atoms with van der Waals surface area (Å²) in [6.07, 6.45) is 3.68. The van der Waals surface area contributed by atoms with Gasteiger partial charge in [0.2, 0.25) is 0 Å². The molecule has 0 spiro atoms. The number of amides is 1. The van der Waals surface area contributed by atoms with Crippen molar-refractivity contribution in [3.05, 3.63) is 23.3 Å². The minimum atomic E-state index is -0.0471. The number of nitrogens with zero attached hydrogens (tertiary/aromatic N) is 2. The van der Waals surface area contributed by atoms with E-state index in [1.54, 1.807) is 7.05 Å². The van der Waals surface area contributed by atoms with E-state index in [1.807, 2.05) is 18.5 Å². The van der Waals surface area contributed by atoms with E-state index in [0.29, 0.717) is 0 Å². The average molecular weight is 277 g/mol. The molecule has 1 aliphatic rings. The molecule has 0 unspecified atom stereocenters. The van der Waals surface area contributed by atoms with Crippen LogP contribution in [0.1, 0.15) is 9.67 Å². The van der Waals surface area contributed by atoms with E-state index in [0.717, 1.165) is 47.0 Å². The summed E-state index contributed by atoms with van der Waals surface area (Å²) in [5.74, 6) is -0.0471. The molecule has 1 N–H and O–H groups in total. The third kappa shape index (κ3) is 2.29. The van der Waals surface area contributed by atoms with Crippen molar-refractivity contribution in [1.82, 2.24) is 10.3 Å². The minimum absolute atomic E-state index is 0.0471. The number of rotatable bonds is 2. The van der Waals surface area contributed by atoms with Gasteiger partial charge < -0.3 is 15.0 Å². The number of pyridine rings is 1. The molecule has 1 saturated heterocycles. The first kappa shape index (κ1) is 12.4. The number of fused-ring (bicyclic) bond motifs is 1. The van der Waals surface area contributed by atoms with Crippen LogP contribution in [-0.4, -0.2) is 44.2 Å². The van der Waals surface area contributed by atoms with E-state index >= 15 is 0 Å². The Morgan fingerprint density at radius 2 is 2.21 bits per heavy atom. The van der Waals surface area contributed by atoms with Gasteiger partial charge in [-0.05, 0) is 6.07 Å². The third-order valence-electron chi connectivity index (χ3n) is 3.23. The molecule has 19 heavy (non-hydrogen) atoms. The first-order valence-electron chi connectivity index (χ1n) is 6.22. The lowest BCUT2D eigenvalue weighted by Crippen LogP contribution is -2.36. The molecular weight excluding hydrogens is 262 g/mol. The van der Waals surface area contributed by atoms with Crippen LogP contribution in [0.2, 0.25) is 0 Å². The Bertz CT molecular complexity index is 605. The van der Waals surface area contributed by atoms with Gasteiger partial charge in [0.1, 0.15) is 0 Å². The zero-order chi connectivity index (χ0) is 13.2. The van der Waals surface area contributed by atoms with E-state index < -0.39 is 0 Å². The van der Waals surface area contributed by atoms with Gasteiger partial charge in [-0.2, -0.15) is 0 Å². The van der Waals surface area contributed by atoms with Gasteiger partial charge in [-0.1, -0.05) is 0 Å². The number of hydrogen-bond acceptors (Lipinski definition) is 5. The number of aromatic nitrogens is 1. The molecule has 1 aliphatic heterocycles. The number of morpholine rings is 1. The molecular formula is C13H15N3O2S. The first-order chi connectivity index (χ1) is 9.29. The second-order valence-electron chi connectivity index (χ2n) is 4.36. The molecule has 2 aromatic heterocycles. The van der Waals surface area contributed by atoms with Gasteiger partial charge in [-0.3, -0.25) is 9.78 Å². The summed E-state index contributed by atoms with van der Waals surface area (Å²) in [7, 11) is 1.65. The van der Waals surface area contributed by atoms with Crippen molar-refractivity contribution in [3.8, 4) is 0 Å². The first-order valence-corrected chi connectivity index (χ1v) is 7.03. The van der Waals surface area contributed by atoms with Gasteiger partial charge in [0.25, 0.3) is 5.91 Å². The molecule has 0 aliphatic carbocycles. The number of ether oxygens (including phenoxy) is 1. The number of thiophene rings is 1. The molecule has 3 heterocycles. The lowest BCUT2D eigenvalue weighted by atomic mass is 10.2. The Balaban J connectivity index is 2.04. The second-order valence-corrected chi connectivity index (χ2v) is 5.44. The number of anilines is 1. The standard InChI is InChI=1S/C13H15N3O2S/c1-14-13(17)11-6-9-10(7-15-8-12(9)19-11)16-2-4-18-5-3-16/h6-8H,2-5H2,1H3,(H,14,17). The topological polar surface area (TPSA) is 54.5 Å². The lowest BCUT2D eigenvalue weighted by Gasteiger charge is -2.29. The summed E-state index contributed by atoms with van der Waals surface area (Å²) in [5, 5.41) is 3.76. The van der Waals surface area contributed by atoms with Crippen molar-refractivity contribution in [2.45, 2.75) is 0 Å². The Morgan fingerprint density at radius 1 is 1.42 bits per heavy atom. The minimum Gasteiger partial charge on any atom is -0.378 e. The molecule has 100 valence electrons. The van der Waals surface area contributed by atoms with Gasteiger partial charge in [-0.15, -0.1) is 11.3 Å². The van der Waals surface area contributed by atoms with E-state index in [-0.39, 0.29) is 5.91 Å². The van der Waals surface area contributed by atoms with Crippen molar-refractivity contribution in [2.75, 3.05) is 38.3 Å². The summed E-state index contributed by atoms with van der Waals surface area (Å²) >= 11 is 1.48. The second kappa shape index (κ2) is 5.14. The fourth-order valence-corrected chi connectivity index (χ4v) is 3.23. The number of carbonyl (C=O) groups excluding carboxylic acids is 1. The van der Waals surface area contributed by atoms with Gasteiger partial charge in [0, 0.05) is 31.7 Å². The van der Waals surface area contributed by atoms with Crippen LogP contribution in [0.25, 0.3) is 10.1 Å². The maximum atomic E-state index is 11.7. The SMILES string of the molecule is CNC(=O)c1cc2c(N3CCOCC3)cncc2s1. The fraction of sp³-hybridized carbons (Fsp3) is 0.385. The molecule has 0 aromatic carbocycles. The Morgan fingerprint density at radius 3 is 2.95 bits per heavy atom. The van der Waals surface area contributed by atoms with Crippen molar-refractivity contribution in [3.63, 3.8) is 0 Å². The van der Waals surface area contributed by atoms with E-state index in [9.17, 15) is 4.79 Å². The highest BCUT2D eigenvalue weighted by Crippen LogP contribution is 2.32. The zero-order valence-electron chi connectivity index (χ0n) is 10.7. The van der Waals surface area contributed by atoms with Crippen LogP contribution in [-0.2, 0) is 4.74 Å². The monoisotopic (exact) mass is 277 g/mol. The molecule has 0 radical (unpaired) electrons. The predicted octanol–water partition coefficient (Wildman–Crippen LogP) is 1.49. The highest BCUT2D eigenvalue weighted by atomic mass is 32.1. The third-order valence-corrected chi connectivity index (χ3v) is 4.30.